The summed E-state index contributed by atoms with van der Waals surface area (Å²) in [6.45, 7) is 2.41. The van der Waals surface area contributed by atoms with Crippen molar-refractivity contribution in [1.82, 2.24) is 4.67 Å². The van der Waals surface area contributed by atoms with Gasteiger partial charge in [-0.25, -0.2) is 9.46 Å². The number of rotatable bonds is 7. The van der Waals surface area contributed by atoms with Gasteiger partial charge in [-0.15, -0.1) is 0 Å². The van der Waals surface area contributed by atoms with E-state index in [-0.39, 0.29) is 24.2 Å². The third-order valence-electron chi connectivity index (χ3n) is 3.10. The van der Waals surface area contributed by atoms with Crippen molar-refractivity contribution < 1.29 is 23.4 Å². The zero-order valence-electron chi connectivity index (χ0n) is 12.3. The van der Waals surface area contributed by atoms with Gasteiger partial charge in [-0.1, -0.05) is 13.8 Å². The number of hydrogen-bond acceptors (Lipinski definition) is 6. The Hall–Kier alpha value is -0.520. The number of methoxy groups -OCH3 is 1. The van der Waals surface area contributed by atoms with Crippen LogP contribution in [0.1, 0.15) is 40.0 Å². The fraction of sp³-hybridized carbons (Fsp3) is 0.833. The molecule has 1 rings (SSSR count). The molecule has 0 spiro atoms. The molecule has 1 amide bonds. The van der Waals surface area contributed by atoms with Crippen LogP contribution < -0.4 is 0 Å². The number of esters is 1. The van der Waals surface area contributed by atoms with Crippen LogP contribution in [0.15, 0.2) is 0 Å². The number of hydrogen-bond donors (Lipinski definition) is 0. The number of carbonyl (C=O) groups excluding carboxylic acids is 2. The highest BCUT2D eigenvalue weighted by Gasteiger charge is 2.49. The Bertz CT molecular complexity index is 417. The van der Waals surface area contributed by atoms with Gasteiger partial charge in [0.1, 0.15) is 6.04 Å². The summed E-state index contributed by atoms with van der Waals surface area (Å²) in [6, 6.07) is -0.804. The molecule has 116 valence electrons. The topological polar surface area (TPSA) is 72.9 Å². The van der Waals surface area contributed by atoms with E-state index in [9.17, 15) is 14.2 Å². The van der Waals surface area contributed by atoms with Gasteiger partial charge in [-0.2, -0.15) is 0 Å². The fourth-order valence-corrected chi connectivity index (χ4v) is 7.31. The van der Waals surface area contributed by atoms with Crippen LogP contribution in [0.2, 0.25) is 0 Å². The van der Waals surface area contributed by atoms with Gasteiger partial charge in [0.25, 0.3) is 0 Å². The van der Waals surface area contributed by atoms with Crippen LogP contribution in [-0.4, -0.2) is 41.6 Å². The summed E-state index contributed by atoms with van der Waals surface area (Å²) in [5.41, 5.74) is 0. The van der Waals surface area contributed by atoms with E-state index < -0.39 is 18.7 Å². The first kappa shape index (κ1) is 17.5. The Morgan fingerprint density at radius 1 is 1.55 bits per heavy atom. The maximum Gasteiger partial charge on any atom is 0.356 e. The summed E-state index contributed by atoms with van der Waals surface area (Å²) >= 11 is 1.13. The van der Waals surface area contributed by atoms with Crippen molar-refractivity contribution in [3.63, 3.8) is 0 Å². The summed E-state index contributed by atoms with van der Waals surface area (Å²) in [5.74, 6) is -0.853. The molecule has 3 unspecified atom stereocenters. The highest BCUT2D eigenvalue weighted by Crippen LogP contribution is 2.66. The van der Waals surface area contributed by atoms with Crippen molar-refractivity contribution in [3.05, 3.63) is 0 Å². The Morgan fingerprint density at radius 3 is 2.70 bits per heavy atom. The average Bonchev–Trinajstić information content (AvgIpc) is 2.80. The number of nitrogens with zero attached hydrogens (tertiary/aromatic N) is 1. The Kier molecular flexibility index (Phi) is 6.55. The molecule has 0 aromatic rings. The maximum atomic E-state index is 13.1. The lowest BCUT2D eigenvalue weighted by Gasteiger charge is -2.31. The molecule has 0 bridgehead atoms. The molecular formula is C12H22NO5PS. The average molecular weight is 323 g/mol. The minimum absolute atomic E-state index is 0.0686. The molecule has 1 saturated heterocycles. The van der Waals surface area contributed by atoms with Gasteiger partial charge in [0.05, 0.1) is 13.7 Å². The first-order chi connectivity index (χ1) is 9.39. The Morgan fingerprint density at radius 2 is 2.20 bits per heavy atom. The first-order valence-corrected chi connectivity index (χ1v) is 9.79. The summed E-state index contributed by atoms with van der Waals surface area (Å²) in [4.78, 5) is 23.8. The minimum atomic E-state index is -3.42. The quantitative estimate of drug-likeness (QED) is 0.530. The molecule has 1 aliphatic rings. The monoisotopic (exact) mass is 323 g/mol. The van der Waals surface area contributed by atoms with Gasteiger partial charge in [0.15, 0.2) is 0 Å². The second-order valence-corrected chi connectivity index (χ2v) is 9.19. The maximum absolute atomic E-state index is 13.1. The van der Waals surface area contributed by atoms with Crippen LogP contribution in [0.3, 0.4) is 0 Å². The van der Waals surface area contributed by atoms with Crippen molar-refractivity contribution in [2.24, 2.45) is 0 Å². The van der Waals surface area contributed by atoms with Crippen molar-refractivity contribution in [2.45, 2.75) is 51.3 Å². The summed E-state index contributed by atoms with van der Waals surface area (Å²) < 4.78 is 24.3. The standard InChI is InChI=1S/C12H22NO5PS/c1-5-9(3)20-19(16,18-6-2)13-10(12(15)17-4)7-8-11(13)14/h9-10H,5-8H2,1-4H3. The second kappa shape index (κ2) is 7.48. The van der Waals surface area contributed by atoms with E-state index in [1.54, 1.807) is 6.92 Å². The molecule has 0 aliphatic carbocycles. The predicted molar refractivity (Wildman–Crippen MR) is 78.5 cm³/mol. The summed E-state index contributed by atoms with van der Waals surface area (Å²) in [6.07, 6.45) is 1.31. The lowest BCUT2D eigenvalue weighted by atomic mass is 10.2. The molecule has 6 nitrogen and oxygen atoms in total. The fourth-order valence-electron chi connectivity index (χ4n) is 1.94. The van der Waals surface area contributed by atoms with E-state index in [2.05, 4.69) is 0 Å². The predicted octanol–water partition coefficient (Wildman–Crippen LogP) is 2.83. The van der Waals surface area contributed by atoms with E-state index in [1.165, 1.54) is 7.11 Å². The summed E-state index contributed by atoms with van der Waals surface area (Å²) in [7, 11) is 1.26. The number of carbonyl (C=O) groups is 2. The molecule has 1 heterocycles. The van der Waals surface area contributed by atoms with Gasteiger partial charge in [0, 0.05) is 11.7 Å². The van der Waals surface area contributed by atoms with E-state index in [0.717, 1.165) is 22.5 Å². The molecule has 20 heavy (non-hydrogen) atoms. The smallest absolute Gasteiger partial charge is 0.356 e. The van der Waals surface area contributed by atoms with Crippen molar-refractivity contribution in [3.8, 4) is 0 Å². The van der Waals surface area contributed by atoms with Gasteiger partial charge < -0.3 is 9.26 Å². The van der Waals surface area contributed by atoms with Gasteiger partial charge >= 0.3 is 12.7 Å². The third-order valence-corrected chi connectivity index (χ3v) is 8.40. The van der Waals surface area contributed by atoms with Gasteiger partial charge in [-0.3, -0.25) is 9.36 Å². The molecule has 8 heteroatoms. The lowest BCUT2D eigenvalue weighted by Crippen LogP contribution is -2.37. The van der Waals surface area contributed by atoms with Crippen molar-refractivity contribution in [2.75, 3.05) is 13.7 Å². The normalized spacial score (nSPS) is 23.5. The van der Waals surface area contributed by atoms with Crippen LogP contribution in [-0.2, 0) is 23.4 Å². The zero-order chi connectivity index (χ0) is 15.3. The van der Waals surface area contributed by atoms with Gasteiger partial charge in [0.2, 0.25) is 5.91 Å². The molecular weight excluding hydrogens is 301 g/mol. The molecule has 3 atom stereocenters. The minimum Gasteiger partial charge on any atom is -0.467 e. The lowest BCUT2D eigenvalue weighted by molar-refractivity contribution is -0.146. The molecule has 0 radical (unpaired) electrons. The van der Waals surface area contributed by atoms with Crippen molar-refractivity contribution >= 4 is 30.0 Å². The Labute approximate surface area is 123 Å². The van der Waals surface area contributed by atoms with E-state index in [0.29, 0.717) is 6.42 Å². The van der Waals surface area contributed by atoms with Crippen LogP contribution in [0.5, 0.6) is 0 Å². The molecule has 0 saturated carbocycles. The van der Waals surface area contributed by atoms with E-state index in [1.807, 2.05) is 13.8 Å². The van der Waals surface area contributed by atoms with Crippen LogP contribution >= 0.6 is 18.1 Å². The molecule has 0 aromatic carbocycles. The van der Waals surface area contributed by atoms with Crippen LogP contribution in [0, 0.1) is 0 Å². The Balaban J connectivity index is 3.06. The number of ether oxygens (including phenoxy) is 1. The molecule has 0 aromatic heterocycles. The largest absolute Gasteiger partial charge is 0.467 e. The highest BCUT2D eigenvalue weighted by atomic mass is 32.7. The van der Waals surface area contributed by atoms with Crippen LogP contribution in [0.4, 0.5) is 0 Å². The number of amides is 1. The molecule has 1 aliphatic heterocycles. The van der Waals surface area contributed by atoms with Crippen molar-refractivity contribution in [1.29, 1.82) is 0 Å². The van der Waals surface area contributed by atoms with Crippen LogP contribution in [0.25, 0.3) is 0 Å². The second-order valence-electron chi connectivity index (χ2n) is 4.53. The zero-order valence-corrected chi connectivity index (χ0v) is 14.0. The van der Waals surface area contributed by atoms with E-state index >= 15 is 0 Å². The highest BCUT2D eigenvalue weighted by molar-refractivity contribution is 8.56. The third kappa shape index (κ3) is 3.77. The van der Waals surface area contributed by atoms with E-state index in [4.69, 9.17) is 9.26 Å². The summed E-state index contributed by atoms with van der Waals surface area (Å²) in [5, 5.41) is 0.0686. The first-order valence-electron chi connectivity index (χ1n) is 6.72. The molecule has 0 N–H and O–H groups in total. The van der Waals surface area contributed by atoms with Gasteiger partial charge in [-0.05, 0) is 31.1 Å². The molecule has 1 fully saturated rings. The SMILES string of the molecule is CCOP(=O)(SC(C)CC)N1C(=O)CCC1C(=O)OC.